The first kappa shape index (κ1) is 16.0. The molecule has 0 atom stereocenters. The first-order valence-electron chi connectivity index (χ1n) is 9.92. The summed E-state index contributed by atoms with van der Waals surface area (Å²) in [5.41, 5.74) is 3.30. The molecule has 0 aromatic carbocycles. The zero-order valence-electron chi connectivity index (χ0n) is 15.4. The van der Waals surface area contributed by atoms with Crippen molar-refractivity contribution in [2.75, 3.05) is 6.54 Å². The van der Waals surface area contributed by atoms with Crippen molar-refractivity contribution in [3.63, 3.8) is 0 Å². The first-order valence-corrected chi connectivity index (χ1v) is 9.92. The lowest BCUT2D eigenvalue weighted by atomic mass is 10.0. The molecule has 0 saturated heterocycles. The summed E-state index contributed by atoms with van der Waals surface area (Å²) >= 11 is 0. The molecule has 2 aromatic rings. The summed E-state index contributed by atoms with van der Waals surface area (Å²) in [5, 5.41) is 13.3. The molecule has 0 radical (unpaired) electrons. The van der Waals surface area contributed by atoms with Gasteiger partial charge in [0.2, 0.25) is 5.91 Å². The quantitative estimate of drug-likeness (QED) is 0.844. The molecular weight excluding hydrogens is 328 g/mol. The molecule has 1 aliphatic heterocycles. The summed E-state index contributed by atoms with van der Waals surface area (Å²) in [6.07, 6.45) is 9.77. The SMILES string of the molecule is Cn1nc(-c2nncn2CC2CC2)c2c1CCN(C(=O)C1CCCC1)C2. The van der Waals surface area contributed by atoms with Crippen LogP contribution in [0.1, 0.15) is 49.8 Å². The van der Waals surface area contributed by atoms with E-state index in [9.17, 15) is 4.79 Å². The zero-order valence-corrected chi connectivity index (χ0v) is 15.4. The van der Waals surface area contributed by atoms with Crippen LogP contribution in [0.5, 0.6) is 0 Å². The predicted molar refractivity (Wildman–Crippen MR) is 96.0 cm³/mol. The summed E-state index contributed by atoms with van der Waals surface area (Å²) in [6.45, 7) is 2.43. The number of hydrogen-bond acceptors (Lipinski definition) is 4. The highest BCUT2D eigenvalue weighted by Crippen LogP contribution is 2.34. The van der Waals surface area contributed by atoms with Gasteiger partial charge in [-0.15, -0.1) is 10.2 Å². The average Bonchev–Trinajstić information content (AvgIpc) is 3.04. The molecule has 2 saturated carbocycles. The smallest absolute Gasteiger partial charge is 0.225 e. The molecule has 7 heteroatoms. The van der Waals surface area contributed by atoms with Crippen molar-refractivity contribution in [3.05, 3.63) is 17.6 Å². The summed E-state index contributed by atoms with van der Waals surface area (Å²) in [6, 6.07) is 0. The van der Waals surface area contributed by atoms with Crippen LogP contribution in [0, 0.1) is 11.8 Å². The lowest BCUT2D eigenvalue weighted by Gasteiger charge is -2.29. The highest BCUT2D eigenvalue weighted by Gasteiger charge is 2.33. The fourth-order valence-electron chi connectivity index (χ4n) is 4.54. The largest absolute Gasteiger partial charge is 0.338 e. The van der Waals surface area contributed by atoms with E-state index in [2.05, 4.69) is 14.8 Å². The van der Waals surface area contributed by atoms with Crippen molar-refractivity contribution < 1.29 is 4.79 Å². The number of carbonyl (C=O) groups is 1. The molecule has 7 nitrogen and oxygen atoms in total. The molecular formula is C19H26N6O. The second-order valence-electron chi connectivity index (χ2n) is 8.14. The third-order valence-corrected chi connectivity index (χ3v) is 6.24. The normalized spacial score (nSPS) is 20.6. The predicted octanol–water partition coefficient (Wildman–Crippen LogP) is 2.16. The van der Waals surface area contributed by atoms with Crippen LogP contribution < -0.4 is 0 Å². The Kier molecular flexibility index (Phi) is 3.83. The van der Waals surface area contributed by atoms with Crippen molar-refractivity contribution in [2.45, 2.75) is 58.0 Å². The molecule has 0 N–H and O–H groups in total. The van der Waals surface area contributed by atoms with Gasteiger partial charge >= 0.3 is 0 Å². The van der Waals surface area contributed by atoms with Gasteiger partial charge in [-0.05, 0) is 31.6 Å². The number of aromatic nitrogens is 5. The molecule has 26 heavy (non-hydrogen) atoms. The number of fused-ring (bicyclic) bond motifs is 1. The summed E-state index contributed by atoms with van der Waals surface area (Å²) < 4.78 is 4.11. The minimum absolute atomic E-state index is 0.232. The summed E-state index contributed by atoms with van der Waals surface area (Å²) in [7, 11) is 2.00. The average molecular weight is 354 g/mol. The lowest BCUT2D eigenvalue weighted by Crippen LogP contribution is -2.39. The van der Waals surface area contributed by atoms with Gasteiger partial charge in [0, 0.05) is 50.3 Å². The Hall–Kier alpha value is -2.18. The van der Waals surface area contributed by atoms with Gasteiger partial charge in [0.1, 0.15) is 12.0 Å². The van der Waals surface area contributed by atoms with Crippen LogP contribution in [0.3, 0.4) is 0 Å². The van der Waals surface area contributed by atoms with Crippen molar-refractivity contribution in [1.29, 1.82) is 0 Å². The molecule has 2 aliphatic carbocycles. The standard InChI is InChI=1S/C19H26N6O/c1-23-16-8-9-24(19(26)14-4-2-3-5-14)11-15(16)17(22-23)18-21-20-12-25(18)10-13-6-7-13/h12-14H,2-11H2,1H3. The second-order valence-corrected chi connectivity index (χ2v) is 8.14. The Morgan fingerprint density at radius 3 is 2.81 bits per heavy atom. The van der Waals surface area contributed by atoms with Crippen molar-refractivity contribution >= 4 is 5.91 Å². The van der Waals surface area contributed by atoms with E-state index >= 15 is 0 Å². The number of hydrogen-bond donors (Lipinski definition) is 0. The Morgan fingerprint density at radius 2 is 2.04 bits per heavy atom. The van der Waals surface area contributed by atoms with Gasteiger partial charge in [-0.3, -0.25) is 9.48 Å². The first-order chi connectivity index (χ1) is 12.7. The van der Waals surface area contributed by atoms with Crippen LogP contribution in [-0.2, 0) is 31.4 Å². The van der Waals surface area contributed by atoms with Gasteiger partial charge in [0.05, 0.1) is 0 Å². The number of carbonyl (C=O) groups excluding carboxylic acids is 1. The van der Waals surface area contributed by atoms with Gasteiger partial charge in [0.25, 0.3) is 0 Å². The minimum atomic E-state index is 0.232. The van der Waals surface area contributed by atoms with E-state index in [4.69, 9.17) is 5.10 Å². The van der Waals surface area contributed by atoms with Gasteiger partial charge in [-0.1, -0.05) is 12.8 Å². The van der Waals surface area contributed by atoms with Crippen LogP contribution in [0.2, 0.25) is 0 Å². The van der Waals surface area contributed by atoms with E-state index in [1.807, 2.05) is 23.0 Å². The lowest BCUT2D eigenvalue weighted by molar-refractivity contribution is -0.136. The van der Waals surface area contributed by atoms with Gasteiger partial charge in [0.15, 0.2) is 5.82 Å². The van der Waals surface area contributed by atoms with E-state index in [1.165, 1.54) is 31.4 Å². The number of nitrogens with zero attached hydrogens (tertiary/aromatic N) is 6. The molecule has 5 rings (SSSR count). The van der Waals surface area contributed by atoms with Crippen LogP contribution in [0.25, 0.3) is 11.5 Å². The van der Waals surface area contributed by atoms with Gasteiger partial charge in [-0.2, -0.15) is 5.10 Å². The molecule has 2 fully saturated rings. The van der Waals surface area contributed by atoms with Crippen LogP contribution in [0.4, 0.5) is 0 Å². The molecule has 0 spiro atoms. The van der Waals surface area contributed by atoms with E-state index in [0.29, 0.717) is 12.5 Å². The van der Waals surface area contributed by atoms with E-state index in [-0.39, 0.29) is 5.92 Å². The topological polar surface area (TPSA) is 68.8 Å². The van der Waals surface area contributed by atoms with E-state index in [1.54, 1.807) is 0 Å². The Labute approximate surface area is 153 Å². The maximum Gasteiger partial charge on any atom is 0.225 e. The fourth-order valence-corrected chi connectivity index (χ4v) is 4.54. The number of rotatable bonds is 4. The van der Waals surface area contributed by atoms with Gasteiger partial charge in [-0.25, -0.2) is 0 Å². The number of amides is 1. The zero-order chi connectivity index (χ0) is 17.7. The molecule has 138 valence electrons. The van der Waals surface area contributed by atoms with Crippen LogP contribution in [0.15, 0.2) is 6.33 Å². The maximum absolute atomic E-state index is 12.9. The van der Waals surface area contributed by atoms with Crippen LogP contribution in [-0.4, -0.2) is 41.9 Å². The summed E-state index contributed by atoms with van der Waals surface area (Å²) in [5.74, 6) is 2.17. The monoisotopic (exact) mass is 354 g/mol. The minimum Gasteiger partial charge on any atom is -0.338 e. The molecule has 2 aromatic heterocycles. The van der Waals surface area contributed by atoms with Crippen LogP contribution >= 0.6 is 0 Å². The van der Waals surface area contributed by atoms with Crippen molar-refractivity contribution in [3.8, 4) is 11.5 Å². The third-order valence-electron chi connectivity index (χ3n) is 6.24. The van der Waals surface area contributed by atoms with Crippen molar-refractivity contribution in [2.24, 2.45) is 18.9 Å². The second kappa shape index (κ2) is 6.21. The molecule has 3 aliphatic rings. The fraction of sp³-hybridized carbons (Fsp3) is 0.684. The Balaban J connectivity index is 1.45. The third kappa shape index (κ3) is 2.73. The highest BCUT2D eigenvalue weighted by atomic mass is 16.2. The molecule has 1 amide bonds. The molecule has 0 bridgehead atoms. The summed E-state index contributed by atoms with van der Waals surface area (Å²) in [4.78, 5) is 14.9. The van der Waals surface area contributed by atoms with E-state index in [0.717, 1.165) is 55.4 Å². The van der Waals surface area contributed by atoms with Crippen molar-refractivity contribution in [1.82, 2.24) is 29.4 Å². The number of aryl methyl sites for hydroxylation is 1. The molecule has 3 heterocycles. The van der Waals surface area contributed by atoms with Gasteiger partial charge < -0.3 is 9.47 Å². The maximum atomic E-state index is 12.9. The highest BCUT2D eigenvalue weighted by molar-refractivity contribution is 5.79. The van der Waals surface area contributed by atoms with E-state index < -0.39 is 0 Å². The molecule has 0 unspecified atom stereocenters. The Bertz CT molecular complexity index is 827. The Morgan fingerprint density at radius 1 is 1.23 bits per heavy atom.